The molecule has 94 valence electrons. The van der Waals surface area contributed by atoms with Crippen molar-refractivity contribution in [3.63, 3.8) is 0 Å². The van der Waals surface area contributed by atoms with E-state index >= 15 is 0 Å². The maximum atomic E-state index is 6.03. The van der Waals surface area contributed by atoms with Crippen LogP contribution in [0, 0.1) is 0 Å². The van der Waals surface area contributed by atoms with E-state index in [2.05, 4.69) is 23.9 Å². The van der Waals surface area contributed by atoms with Crippen LogP contribution in [0.15, 0.2) is 18.2 Å². The second kappa shape index (κ2) is 4.84. The molecule has 0 saturated carbocycles. The van der Waals surface area contributed by atoms with E-state index in [1.165, 1.54) is 6.42 Å². The van der Waals surface area contributed by atoms with E-state index in [0.717, 1.165) is 30.2 Å². The van der Waals surface area contributed by atoms with E-state index in [9.17, 15) is 0 Å². The van der Waals surface area contributed by atoms with Crippen molar-refractivity contribution < 1.29 is 4.74 Å². The molecule has 1 heterocycles. The largest absolute Gasteiger partial charge is 0.497 e. The number of methoxy groups -OCH3 is 1. The van der Waals surface area contributed by atoms with Crippen LogP contribution < -0.4 is 15.4 Å². The molecule has 0 aliphatic carbocycles. The maximum Gasteiger partial charge on any atom is 0.121 e. The highest BCUT2D eigenvalue weighted by Crippen LogP contribution is 2.31. The fourth-order valence-electron chi connectivity index (χ4n) is 2.31. The minimum atomic E-state index is 0.612. The Morgan fingerprint density at radius 3 is 2.76 bits per heavy atom. The molecule has 2 N–H and O–H groups in total. The van der Waals surface area contributed by atoms with Crippen LogP contribution in [0.5, 0.6) is 5.75 Å². The number of nitrogen functional groups attached to an aromatic ring is 1. The van der Waals surface area contributed by atoms with E-state index in [1.807, 2.05) is 18.2 Å². The second-order valence-electron chi connectivity index (χ2n) is 4.78. The minimum absolute atomic E-state index is 0.612. The number of hydrogen-bond acceptors (Lipinski definition) is 4. The Balaban J connectivity index is 2.18. The van der Waals surface area contributed by atoms with Crippen molar-refractivity contribution in [1.82, 2.24) is 4.90 Å². The molecule has 0 radical (unpaired) electrons. The van der Waals surface area contributed by atoms with Gasteiger partial charge in [-0.15, -0.1) is 0 Å². The number of ether oxygens (including phenoxy) is 1. The lowest BCUT2D eigenvalue weighted by molar-refractivity contribution is 0.315. The Morgan fingerprint density at radius 2 is 2.18 bits per heavy atom. The van der Waals surface area contributed by atoms with E-state index in [4.69, 9.17) is 10.5 Å². The number of anilines is 2. The summed E-state index contributed by atoms with van der Waals surface area (Å²) in [5, 5.41) is 0. The normalized spacial score (nSPS) is 20.0. The quantitative estimate of drug-likeness (QED) is 0.805. The minimum Gasteiger partial charge on any atom is -0.497 e. The molecule has 1 saturated heterocycles. The Bertz CT molecular complexity index is 392. The fraction of sp³-hybridized carbons (Fsp3) is 0.538. The average Bonchev–Trinajstić information content (AvgIpc) is 2.79. The fourth-order valence-corrected chi connectivity index (χ4v) is 2.31. The Hall–Kier alpha value is -1.42. The molecular weight excluding hydrogens is 214 g/mol. The van der Waals surface area contributed by atoms with Crippen molar-refractivity contribution in [2.75, 3.05) is 44.9 Å². The number of hydrogen-bond donors (Lipinski definition) is 1. The highest BCUT2D eigenvalue weighted by atomic mass is 16.5. The van der Waals surface area contributed by atoms with Gasteiger partial charge < -0.3 is 20.3 Å². The Kier molecular flexibility index (Phi) is 3.43. The summed E-state index contributed by atoms with van der Waals surface area (Å²) >= 11 is 0. The van der Waals surface area contributed by atoms with Crippen LogP contribution in [0.25, 0.3) is 0 Å². The third kappa shape index (κ3) is 2.47. The lowest BCUT2D eigenvalue weighted by Gasteiger charge is -2.23. The van der Waals surface area contributed by atoms with E-state index in [1.54, 1.807) is 7.11 Å². The predicted molar refractivity (Wildman–Crippen MR) is 71.7 cm³/mol. The molecule has 0 aromatic heterocycles. The van der Waals surface area contributed by atoms with Crippen LogP contribution in [0.4, 0.5) is 11.4 Å². The first-order chi connectivity index (χ1) is 8.11. The molecule has 0 bridgehead atoms. The van der Waals surface area contributed by atoms with Gasteiger partial charge in [-0.1, -0.05) is 0 Å². The van der Waals surface area contributed by atoms with Crippen LogP contribution in [0.1, 0.15) is 6.42 Å². The molecular formula is C13H21N3O. The number of likely N-dealkylation sites (N-methyl/N-ethyl adjacent to an activating group) is 1. The van der Waals surface area contributed by atoms with Gasteiger partial charge in [0.15, 0.2) is 0 Å². The average molecular weight is 235 g/mol. The second-order valence-corrected chi connectivity index (χ2v) is 4.78. The zero-order valence-electron chi connectivity index (χ0n) is 10.8. The van der Waals surface area contributed by atoms with Crippen LogP contribution in [0.3, 0.4) is 0 Å². The highest BCUT2D eigenvalue weighted by Gasteiger charge is 2.25. The molecule has 1 aromatic carbocycles. The van der Waals surface area contributed by atoms with Gasteiger partial charge in [-0.05, 0) is 32.6 Å². The first-order valence-electron chi connectivity index (χ1n) is 5.96. The van der Waals surface area contributed by atoms with Gasteiger partial charge in [0.1, 0.15) is 5.75 Å². The summed E-state index contributed by atoms with van der Waals surface area (Å²) in [6.45, 7) is 2.09. The molecule has 4 heteroatoms. The molecule has 1 aliphatic heterocycles. The zero-order chi connectivity index (χ0) is 12.4. The summed E-state index contributed by atoms with van der Waals surface area (Å²) in [6, 6.07) is 6.45. The molecule has 2 rings (SSSR count). The van der Waals surface area contributed by atoms with Gasteiger partial charge in [0.2, 0.25) is 0 Å². The van der Waals surface area contributed by atoms with Crippen molar-refractivity contribution in [3.05, 3.63) is 18.2 Å². The summed E-state index contributed by atoms with van der Waals surface area (Å²) in [4.78, 5) is 4.61. The molecule has 1 atom stereocenters. The van der Waals surface area contributed by atoms with Gasteiger partial charge in [0.25, 0.3) is 0 Å². The third-order valence-corrected chi connectivity index (χ3v) is 3.47. The molecule has 1 unspecified atom stereocenters. The number of rotatable bonds is 3. The van der Waals surface area contributed by atoms with Gasteiger partial charge in [-0.3, -0.25) is 0 Å². The molecule has 17 heavy (non-hydrogen) atoms. The third-order valence-electron chi connectivity index (χ3n) is 3.47. The van der Waals surface area contributed by atoms with E-state index in [0.29, 0.717) is 6.04 Å². The Morgan fingerprint density at radius 1 is 1.41 bits per heavy atom. The molecule has 0 amide bonds. The summed E-state index contributed by atoms with van der Waals surface area (Å²) in [5.74, 6) is 0.863. The van der Waals surface area contributed by atoms with Crippen LogP contribution in [-0.2, 0) is 0 Å². The molecule has 1 aromatic rings. The van der Waals surface area contributed by atoms with Crippen LogP contribution in [-0.4, -0.2) is 45.2 Å². The lowest BCUT2D eigenvalue weighted by atomic mass is 10.2. The van der Waals surface area contributed by atoms with Crippen molar-refractivity contribution in [2.45, 2.75) is 12.5 Å². The van der Waals surface area contributed by atoms with Crippen LogP contribution in [0.2, 0.25) is 0 Å². The monoisotopic (exact) mass is 235 g/mol. The standard InChI is InChI=1S/C13H21N3O/c1-15(2)10-6-7-16(9-10)13-8-11(17-3)4-5-12(13)14/h4-5,8,10H,6-7,9,14H2,1-3H3. The first kappa shape index (κ1) is 12.0. The van der Waals surface area contributed by atoms with Gasteiger partial charge in [-0.25, -0.2) is 0 Å². The summed E-state index contributed by atoms with van der Waals surface area (Å²) in [5.41, 5.74) is 7.95. The lowest BCUT2D eigenvalue weighted by Crippen LogP contribution is -2.31. The summed E-state index contributed by atoms with van der Waals surface area (Å²) < 4.78 is 5.25. The number of nitrogens with zero attached hydrogens (tertiary/aromatic N) is 2. The van der Waals surface area contributed by atoms with E-state index < -0.39 is 0 Å². The number of nitrogens with two attached hydrogens (primary N) is 1. The summed E-state index contributed by atoms with van der Waals surface area (Å²) in [6.07, 6.45) is 1.18. The highest BCUT2D eigenvalue weighted by molar-refractivity contribution is 5.70. The van der Waals surface area contributed by atoms with Crippen molar-refractivity contribution in [3.8, 4) is 5.75 Å². The number of benzene rings is 1. The van der Waals surface area contributed by atoms with Gasteiger partial charge in [0, 0.05) is 25.2 Å². The summed E-state index contributed by atoms with van der Waals surface area (Å²) in [7, 11) is 5.94. The molecule has 1 aliphatic rings. The SMILES string of the molecule is COc1ccc(N)c(N2CCC(N(C)C)C2)c1. The van der Waals surface area contributed by atoms with E-state index in [-0.39, 0.29) is 0 Å². The van der Waals surface area contributed by atoms with Crippen LogP contribution >= 0.6 is 0 Å². The topological polar surface area (TPSA) is 41.7 Å². The predicted octanol–water partition coefficient (Wildman–Crippen LogP) is 1.42. The molecule has 4 nitrogen and oxygen atoms in total. The Labute approximate surface area is 103 Å². The first-order valence-corrected chi connectivity index (χ1v) is 5.96. The van der Waals surface area contributed by atoms with Crippen molar-refractivity contribution >= 4 is 11.4 Å². The van der Waals surface area contributed by atoms with Crippen molar-refractivity contribution in [2.24, 2.45) is 0 Å². The van der Waals surface area contributed by atoms with Gasteiger partial charge in [0.05, 0.1) is 18.5 Å². The maximum absolute atomic E-state index is 6.03. The molecule has 1 fully saturated rings. The van der Waals surface area contributed by atoms with Crippen molar-refractivity contribution in [1.29, 1.82) is 0 Å². The molecule has 0 spiro atoms. The van der Waals surface area contributed by atoms with Gasteiger partial charge in [-0.2, -0.15) is 0 Å². The smallest absolute Gasteiger partial charge is 0.121 e. The van der Waals surface area contributed by atoms with Gasteiger partial charge >= 0.3 is 0 Å². The zero-order valence-corrected chi connectivity index (χ0v) is 10.8.